The molecule has 0 spiro atoms. The fraction of sp³-hybridized carbons (Fsp3) is 0.357. The maximum absolute atomic E-state index is 13.0. The first-order chi connectivity index (χ1) is 9.90. The Kier molecular flexibility index (Phi) is 5.24. The van der Waals surface area contributed by atoms with Gasteiger partial charge in [0, 0.05) is 18.0 Å². The average molecular weight is 335 g/mol. The fourth-order valence-electron chi connectivity index (χ4n) is 1.88. The number of thiazole rings is 1. The normalized spacial score (nSPS) is 11.9. The summed E-state index contributed by atoms with van der Waals surface area (Å²) in [6, 6.07) is 7.06. The van der Waals surface area contributed by atoms with E-state index in [2.05, 4.69) is 10.3 Å². The van der Waals surface area contributed by atoms with Gasteiger partial charge in [0.1, 0.15) is 0 Å². The molecule has 2 aromatic rings. The van der Waals surface area contributed by atoms with Gasteiger partial charge in [0.05, 0.1) is 9.88 Å². The number of hydrogen-bond donors (Lipinski definition) is 1. The highest BCUT2D eigenvalue weighted by molar-refractivity contribution is 7.11. The molecule has 0 atom stereocenters. The van der Waals surface area contributed by atoms with Gasteiger partial charge in [-0.15, -0.1) is 11.3 Å². The Hall–Kier alpha value is -1.11. The van der Waals surface area contributed by atoms with Crippen LogP contribution in [0.25, 0.3) is 0 Å². The number of rotatable bonds is 5. The Morgan fingerprint density at radius 3 is 2.71 bits per heavy atom. The van der Waals surface area contributed by atoms with Crippen LogP contribution in [0.3, 0.4) is 0 Å². The van der Waals surface area contributed by atoms with Crippen molar-refractivity contribution in [3.8, 4) is 0 Å². The van der Waals surface area contributed by atoms with Crippen LogP contribution in [-0.4, -0.2) is 11.5 Å². The van der Waals surface area contributed by atoms with Gasteiger partial charge in [-0.05, 0) is 24.2 Å². The highest BCUT2D eigenvalue weighted by Crippen LogP contribution is 2.35. The summed E-state index contributed by atoms with van der Waals surface area (Å²) in [6.45, 7) is 2.64. The molecular weight excluding hydrogens is 321 g/mol. The SMILES string of the molecule is CCNCc1sc(Cc2cccc(Cl)c2)nc1C(F)(F)F. The molecule has 21 heavy (non-hydrogen) atoms. The third kappa shape index (κ3) is 4.43. The number of benzene rings is 1. The number of hydrogen-bond acceptors (Lipinski definition) is 3. The zero-order chi connectivity index (χ0) is 15.5. The zero-order valence-corrected chi connectivity index (χ0v) is 12.9. The van der Waals surface area contributed by atoms with Crippen LogP contribution >= 0.6 is 22.9 Å². The monoisotopic (exact) mass is 334 g/mol. The summed E-state index contributed by atoms with van der Waals surface area (Å²) in [4.78, 5) is 3.99. The van der Waals surface area contributed by atoms with E-state index in [1.165, 1.54) is 0 Å². The van der Waals surface area contributed by atoms with Gasteiger partial charge in [-0.3, -0.25) is 0 Å². The molecule has 7 heteroatoms. The molecule has 1 heterocycles. The maximum Gasteiger partial charge on any atom is 0.434 e. The Labute approximate surface area is 130 Å². The smallest absolute Gasteiger partial charge is 0.312 e. The Bertz CT molecular complexity index is 611. The second-order valence-corrected chi connectivity index (χ2v) is 6.07. The molecule has 1 aromatic heterocycles. The van der Waals surface area contributed by atoms with Crippen LogP contribution in [0.2, 0.25) is 5.02 Å². The van der Waals surface area contributed by atoms with Crippen molar-refractivity contribution in [3.63, 3.8) is 0 Å². The van der Waals surface area contributed by atoms with E-state index < -0.39 is 11.9 Å². The average Bonchev–Trinajstić information content (AvgIpc) is 2.79. The van der Waals surface area contributed by atoms with Gasteiger partial charge in [0.25, 0.3) is 0 Å². The predicted molar refractivity (Wildman–Crippen MR) is 78.8 cm³/mol. The molecule has 0 bridgehead atoms. The third-order valence-electron chi connectivity index (χ3n) is 2.79. The van der Waals surface area contributed by atoms with Gasteiger partial charge in [0.2, 0.25) is 0 Å². The molecule has 2 rings (SSSR count). The van der Waals surface area contributed by atoms with Gasteiger partial charge in [0.15, 0.2) is 5.69 Å². The molecular formula is C14H14ClF3N2S. The van der Waals surface area contributed by atoms with Crippen molar-refractivity contribution in [1.82, 2.24) is 10.3 Å². The largest absolute Gasteiger partial charge is 0.434 e. The van der Waals surface area contributed by atoms with E-state index >= 15 is 0 Å². The summed E-state index contributed by atoms with van der Waals surface area (Å²) in [5.41, 5.74) is 0.0606. The van der Waals surface area contributed by atoms with Crippen LogP contribution < -0.4 is 5.32 Å². The summed E-state index contributed by atoms with van der Waals surface area (Å²) in [5.74, 6) is 0. The maximum atomic E-state index is 13.0. The van der Waals surface area contributed by atoms with Gasteiger partial charge in [-0.25, -0.2) is 4.98 Å². The minimum absolute atomic E-state index is 0.179. The molecule has 0 radical (unpaired) electrons. The second-order valence-electron chi connectivity index (χ2n) is 4.46. The molecule has 2 nitrogen and oxygen atoms in total. The topological polar surface area (TPSA) is 24.9 Å². The quantitative estimate of drug-likeness (QED) is 0.869. The van der Waals surface area contributed by atoms with Crippen LogP contribution in [0.5, 0.6) is 0 Å². The number of aromatic nitrogens is 1. The van der Waals surface area contributed by atoms with Gasteiger partial charge < -0.3 is 5.32 Å². The van der Waals surface area contributed by atoms with E-state index in [0.717, 1.165) is 16.9 Å². The molecule has 0 aliphatic rings. The molecule has 0 fully saturated rings. The van der Waals surface area contributed by atoms with Crippen molar-refractivity contribution in [1.29, 1.82) is 0 Å². The van der Waals surface area contributed by atoms with E-state index in [9.17, 15) is 13.2 Å². The van der Waals surface area contributed by atoms with Gasteiger partial charge >= 0.3 is 6.18 Å². The van der Waals surface area contributed by atoms with Gasteiger partial charge in [-0.2, -0.15) is 13.2 Å². The number of nitrogens with zero attached hydrogens (tertiary/aromatic N) is 1. The first kappa shape index (κ1) is 16.3. The Balaban J connectivity index is 2.26. The number of nitrogens with one attached hydrogen (secondary N) is 1. The van der Waals surface area contributed by atoms with E-state index in [1.54, 1.807) is 18.2 Å². The lowest BCUT2D eigenvalue weighted by Crippen LogP contribution is -2.15. The summed E-state index contributed by atoms with van der Waals surface area (Å²) < 4.78 is 39.0. The second kappa shape index (κ2) is 6.77. The van der Waals surface area contributed by atoms with E-state index in [4.69, 9.17) is 11.6 Å². The van der Waals surface area contributed by atoms with Crippen LogP contribution in [0.15, 0.2) is 24.3 Å². The van der Waals surface area contributed by atoms with Crippen molar-refractivity contribution in [2.45, 2.75) is 26.1 Å². The van der Waals surface area contributed by atoms with Crippen molar-refractivity contribution in [3.05, 3.63) is 50.4 Å². The van der Waals surface area contributed by atoms with Crippen LogP contribution in [0, 0.1) is 0 Å². The van der Waals surface area contributed by atoms with Crippen molar-refractivity contribution in [2.75, 3.05) is 6.54 Å². The number of halogens is 4. The van der Waals surface area contributed by atoms with Crippen molar-refractivity contribution in [2.24, 2.45) is 0 Å². The third-order valence-corrected chi connectivity index (χ3v) is 4.08. The fourth-order valence-corrected chi connectivity index (χ4v) is 3.18. The predicted octanol–water partition coefficient (Wildman–Crippen LogP) is 4.52. The molecule has 0 amide bonds. The summed E-state index contributed by atoms with van der Waals surface area (Å²) in [7, 11) is 0. The van der Waals surface area contributed by atoms with E-state index in [1.807, 2.05) is 13.0 Å². The van der Waals surface area contributed by atoms with E-state index in [0.29, 0.717) is 23.0 Å². The minimum atomic E-state index is -4.42. The molecule has 0 aliphatic heterocycles. The van der Waals surface area contributed by atoms with Crippen LogP contribution in [-0.2, 0) is 19.1 Å². The first-order valence-corrected chi connectivity index (χ1v) is 7.60. The van der Waals surface area contributed by atoms with Crippen molar-refractivity contribution < 1.29 is 13.2 Å². The lowest BCUT2D eigenvalue weighted by Gasteiger charge is -2.05. The van der Waals surface area contributed by atoms with E-state index in [-0.39, 0.29) is 11.4 Å². The Morgan fingerprint density at radius 2 is 2.10 bits per heavy atom. The lowest BCUT2D eigenvalue weighted by molar-refractivity contribution is -0.141. The molecule has 0 saturated heterocycles. The molecule has 0 saturated carbocycles. The van der Waals surface area contributed by atoms with Gasteiger partial charge in [-0.1, -0.05) is 30.7 Å². The zero-order valence-electron chi connectivity index (χ0n) is 11.3. The molecule has 114 valence electrons. The van der Waals surface area contributed by atoms with Crippen molar-refractivity contribution >= 4 is 22.9 Å². The minimum Gasteiger partial charge on any atom is -0.312 e. The lowest BCUT2D eigenvalue weighted by atomic mass is 10.2. The summed E-state index contributed by atoms with van der Waals surface area (Å²) in [6.07, 6.45) is -4.08. The molecule has 1 N–H and O–H groups in total. The molecule has 0 aliphatic carbocycles. The summed E-state index contributed by atoms with van der Waals surface area (Å²) in [5, 5.41) is 3.92. The van der Waals surface area contributed by atoms with Crippen LogP contribution in [0.1, 0.15) is 28.1 Å². The summed E-state index contributed by atoms with van der Waals surface area (Å²) >= 11 is 6.97. The van der Waals surface area contributed by atoms with Crippen LogP contribution in [0.4, 0.5) is 13.2 Å². The highest BCUT2D eigenvalue weighted by atomic mass is 35.5. The first-order valence-electron chi connectivity index (χ1n) is 6.41. The standard InChI is InChI=1S/C14H14ClF3N2S/c1-2-19-8-11-13(14(16,17)18)20-12(21-11)7-9-4-3-5-10(15)6-9/h3-6,19H,2,7-8H2,1H3. The Morgan fingerprint density at radius 1 is 1.33 bits per heavy atom. The number of alkyl halides is 3. The highest BCUT2D eigenvalue weighted by Gasteiger charge is 2.37. The molecule has 1 aromatic carbocycles. The molecule has 0 unspecified atom stereocenters.